The molecule has 1 aromatic rings. The summed E-state index contributed by atoms with van der Waals surface area (Å²) in [4.78, 5) is 8.36. The molecule has 1 atom stereocenters. The maximum Gasteiger partial charge on any atom is 0.141 e. The Kier molecular flexibility index (Phi) is 3.28. The predicted octanol–water partition coefficient (Wildman–Crippen LogP) is 0.646. The molecule has 0 amide bonds. The molecule has 1 heterocycles. The highest BCUT2D eigenvalue weighted by Gasteiger charge is 2.29. The number of hydrogen-bond donors (Lipinski definition) is 2. The molecule has 1 aromatic heterocycles. The van der Waals surface area contributed by atoms with E-state index >= 15 is 0 Å². The molecule has 15 heavy (non-hydrogen) atoms. The number of aliphatic hydroxyl groups is 1. The van der Waals surface area contributed by atoms with Crippen LogP contribution in [0.25, 0.3) is 0 Å². The van der Waals surface area contributed by atoms with Crippen LogP contribution < -0.4 is 5.32 Å². The Labute approximate surface area is 89.8 Å². The van der Waals surface area contributed by atoms with Gasteiger partial charge in [-0.15, -0.1) is 0 Å². The number of hydrogen-bond acceptors (Lipinski definition) is 4. The Morgan fingerprint density at radius 3 is 2.73 bits per heavy atom. The zero-order chi connectivity index (χ0) is 10.7. The molecule has 2 N–H and O–H groups in total. The highest BCUT2D eigenvalue weighted by molar-refractivity contribution is 5.01. The lowest BCUT2D eigenvalue weighted by atomic mass is 10.2. The van der Waals surface area contributed by atoms with E-state index < -0.39 is 0 Å². The van der Waals surface area contributed by atoms with Crippen LogP contribution in [0, 0.1) is 12.8 Å². The third kappa shape index (κ3) is 3.25. The first-order valence-electron chi connectivity index (χ1n) is 5.42. The molecule has 0 saturated heterocycles. The van der Waals surface area contributed by atoms with E-state index in [0.29, 0.717) is 19.0 Å². The fourth-order valence-electron chi connectivity index (χ4n) is 1.49. The van der Waals surface area contributed by atoms with Crippen LogP contribution in [0.1, 0.15) is 24.2 Å². The van der Waals surface area contributed by atoms with Crippen molar-refractivity contribution < 1.29 is 5.11 Å². The third-order valence-corrected chi connectivity index (χ3v) is 2.64. The van der Waals surface area contributed by atoms with Crippen LogP contribution in [0.5, 0.6) is 0 Å². The summed E-state index contributed by atoms with van der Waals surface area (Å²) in [6.45, 7) is 3.24. The fourth-order valence-corrected chi connectivity index (χ4v) is 1.49. The first kappa shape index (κ1) is 10.5. The molecule has 0 radical (unpaired) electrons. The average Bonchev–Trinajstić information content (AvgIpc) is 3.04. The zero-order valence-corrected chi connectivity index (χ0v) is 8.98. The summed E-state index contributed by atoms with van der Waals surface area (Å²) in [5.74, 6) is 1.31. The first-order valence-corrected chi connectivity index (χ1v) is 5.42. The second kappa shape index (κ2) is 4.68. The molecule has 0 aliphatic heterocycles. The van der Waals surface area contributed by atoms with Gasteiger partial charge in [-0.1, -0.05) is 0 Å². The Hall–Kier alpha value is -1.00. The van der Waals surface area contributed by atoms with Crippen LogP contribution in [0.15, 0.2) is 12.4 Å². The summed E-state index contributed by atoms with van der Waals surface area (Å²) in [6.07, 6.45) is 5.76. The van der Waals surface area contributed by atoms with E-state index in [-0.39, 0.29) is 6.10 Å². The van der Waals surface area contributed by atoms with Gasteiger partial charge in [0.2, 0.25) is 0 Å². The highest BCUT2D eigenvalue weighted by atomic mass is 16.3. The van der Waals surface area contributed by atoms with Gasteiger partial charge in [0, 0.05) is 18.9 Å². The molecule has 2 rings (SSSR count). The molecule has 0 bridgehead atoms. The van der Waals surface area contributed by atoms with E-state index in [2.05, 4.69) is 15.3 Å². The monoisotopic (exact) mass is 207 g/mol. The van der Waals surface area contributed by atoms with Crippen LogP contribution in [-0.2, 0) is 6.54 Å². The lowest BCUT2D eigenvalue weighted by molar-refractivity contribution is 0.148. The van der Waals surface area contributed by atoms with Crippen molar-refractivity contribution in [3.8, 4) is 0 Å². The van der Waals surface area contributed by atoms with Crippen molar-refractivity contribution in [1.82, 2.24) is 15.3 Å². The largest absolute Gasteiger partial charge is 0.392 e. The number of aliphatic hydroxyl groups excluding tert-OH is 1. The Bertz CT molecular complexity index is 308. The Morgan fingerprint density at radius 1 is 1.47 bits per heavy atom. The van der Waals surface area contributed by atoms with Crippen LogP contribution in [0.2, 0.25) is 0 Å². The van der Waals surface area contributed by atoms with Gasteiger partial charge in [0.1, 0.15) is 5.82 Å². The van der Waals surface area contributed by atoms with Gasteiger partial charge in [0.05, 0.1) is 12.6 Å². The van der Waals surface area contributed by atoms with E-state index in [1.54, 1.807) is 12.4 Å². The van der Waals surface area contributed by atoms with E-state index in [1.165, 1.54) is 12.8 Å². The predicted molar refractivity (Wildman–Crippen MR) is 57.2 cm³/mol. The molecule has 4 nitrogen and oxygen atoms in total. The topological polar surface area (TPSA) is 58.0 Å². The highest BCUT2D eigenvalue weighted by Crippen LogP contribution is 2.32. The quantitative estimate of drug-likeness (QED) is 0.744. The maximum atomic E-state index is 9.61. The molecule has 1 saturated carbocycles. The standard InChI is InChI=1S/C11H17N3O/c1-8-4-13-11(14-5-8)7-12-6-10(15)9-2-3-9/h4-5,9-10,12,15H,2-3,6-7H2,1H3. The number of rotatable bonds is 5. The van der Waals surface area contributed by atoms with Crippen LogP contribution in [-0.4, -0.2) is 27.7 Å². The Morgan fingerprint density at radius 2 is 2.13 bits per heavy atom. The van der Waals surface area contributed by atoms with Gasteiger partial charge in [-0.2, -0.15) is 0 Å². The maximum absolute atomic E-state index is 9.61. The summed E-state index contributed by atoms with van der Waals surface area (Å²) in [5, 5.41) is 12.8. The van der Waals surface area contributed by atoms with E-state index in [4.69, 9.17) is 0 Å². The first-order chi connectivity index (χ1) is 7.25. The van der Waals surface area contributed by atoms with Crippen molar-refractivity contribution in [2.45, 2.75) is 32.4 Å². The van der Waals surface area contributed by atoms with Crippen LogP contribution in [0.4, 0.5) is 0 Å². The number of nitrogens with zero attached hydrogens (tertiary/aromatic N) is 2. The fraction of sp³-hybridized carbons (Fsp3) is 0.636. The minimum Gasteiger partial charge on any atom is -0.392 e. The summed E-state index contributed by atoms with van der Waals surface area (Å²) in [5.41, 5.74) is 1.07. The number of nitrogens with one attached hydrogen (secondary N) is 1. The summed E-state index contributed by atoms with van der Waals surface area (Å²) in [6, 6.07) is 0. The molecule has 0 spiro atoms. The van der Waals surface area contributed by atoms with Gasteiger partial charge in [-0.25, -0.2) is 9.97 Å². The third-order valence-electron chi connectivity index (χ3n) is 2.64. The van der Waals surface area contributed by atoms with Crippen molar-refractivity contribution in [3.63, 3.8) is 0 Å². The smallest absolute Gasteiger partial charge is 0.141 e. The summed E-state index contributed by atoms with van der Waals surface area (Å²) in [7, 11) is 0. The summed E-state index contributed by atoms with van der Waals surface area (Å²) >= 11 is 0. The molecular formula is C11H17N3O. The Balaban J connectivity index is 1.70. The lowest BCUT2D eigenvalue weighted by Crippen LogP contribution is -2.28. The number of aryl methyl sites for hydroxylation is 1. The number of aromatic nitrogens is 2. The van der Waals surface area contributed by atoms with Gasteiger partial charge < -0.3 is 10.4 Å². The SMILES string of the molecule is Cc1cnc(CNCC(O)C2CC2)nc1. The van der Waals surface area contributed by atoms with Gasteiger partial charge in [0.25, 0.3) is 0 Å². The van der Waals surface area contributed by atoms with Crippen molar-refractivity contribution in [2.75, 3.05) is 6.54 Å². The van der Waals surface area contributed by atoms with Gasteiger partial charge in [0.15, 0.2) is 0 Å². The van der Waals surface area contributed by atoms with Crippen molar-refractivity contribution >= 4 is 0 Å². The van der Waals surface area contributed by atoms with E-state index in [0.717, 1.165) is 11.4 Å². The molecule has 1 unspecified atom stereocenters. The summed E-state index contributed by atoms with van der Waals surface area (Å²) < 4.78 is 0. The van der Waals surface area contributed by atoms with Crippen molar-refractivity contribution in [3.05, 3.63) is 23.8 Å². The van der Waals surface area contributed by atoms with Gasteiger partial charge in [-0.05, 0) is 31.2 Å². The molecule has 82 valence electrons. The van der Waals surface area contributed by atoms with E-state index in [9.17, 15) is 5.11 Å². The molecule has 1 aliphatic rings. The van der Waals surface area contributed by atoms with Crippen molar-refractivity contribution in [1.29, 1.82) is 0 Å². The normalized spacial score (nSPS) is 17.7. The second-order valence-corrected chi connectivity index (χ2v) is 4.21. The van der Waals surface area contributed by atoms with Crippen molar-refractivity contribution in [2.24, 2.45) is 5.92 Å². The minimum atomic E-state index is -0.199. The average molecular weight is 207 g/mol. The van der Waals surface area contributed by atoms with Gasteiger partial charge in [-0.3, -0.25) is 0 Å². The molecule has 1 aliphatic carbocycles. The van der Waals surface area contributed by atoms with Crippen LogP contribution in [0.3, 0.4) is 0 Å². The molecular weight excluding hydrogens is 190 g/mol. The van der Waals surface area contributed by atoms with Gasteiger partial charge >= 0.3 is 0 Å². The zero-order valence-electron chi connectivity index (χ0n) is 8.98. The molecule has 0 aromatic carbocycles. The molecule has 4 heteroatoms. The second-order valence-electron chi connectivity index (χ2n) is 4.21. The minimum absolute atomic E-state index is 0.199. The molecule has 1 fully saturated rings. The van der Waals surface area contributed by atoms with E-state index in [1.807, 2.05) is 6.92 Å². The van der Waals surface area contributed by atoms with Crippen LogP contribution >= 0.6 is 0 Å². The lowest BCUT2D eigenvalue weighted by Gasteiger charge is -2.09.